The van der Waals surface area contributed by atoms with Gasteiger partial charge in [0.05, 0.1) is 12.6 Å². The standard InChI is InChI=1S/C11H13NO7/c13-8(1-2-9(14)15)7-12(5-3-10(16)17)6-4-11(18)19/h1-6,8,13H,7H2,(H,14,15)(H,16,17)(H,18,19). The van der Waals surface area contributed by atoms with Crippen LogP contribution in [-0.4, -0.2) is 55.9 Å². The highest BCUT2D eigenvalue weighted by atomic mass is 16.4. The Balaban J connectivity index is 4.70. The molecule has 0 heterocycles. The average Bonchev–Trinajstić information content (AvgIpc) is 2.29. The minimum atomic E-state index is -1.25. The van der Waals surface area contributed by atoms with E-state index in [1.165, 1.54) is 0 Å². The number of carboxylic acids is 3. The lowest BCUT2D eigenvalue weighted by Crippen LogP contribution is -2.23. The first-order valence-corrected chi connectivity index (χ1v) is 4.98. The summed E-state index contributed by atoms with van der Waals surface area (Å²) >= 11 is 0. The maximum Gasteiger partial charge on any atom is 0.329 e. The van der Waals surface area contributed by atoms with Gasteiger partial charge in [0.2, 0.25) is 0 Å². The zero-order valence-corrected chi connectivity index (χ0v) is 9.71. The van der Waals surface area contributed by atoms with Crippen LogP contribution >= 0.6 is 0 Å². The molecule has 8 heteroatoms. The van der Waals surface area contributed by atoms with Crippen LogP contribution in [0.2, 0.25) is 0 Å². The Morgan fingerprint density at radius 3 is 1.68 bits per heavy atom. The van der Waals surface area contributed by atoms with Gasteiger partial charge in [-0.15, -0.1) is 0 Å². The fourth-order valence-electron chi connectivity index (χ4n) is 0.961. The van der Waals surface area contributed by atoms with Crippen molar-refractivity contribution in [3.05, 3.63) is 36.7 Å². The number of aliphatic carboxylic acids is 3. The van der Waals surface area contributed by atoms with Crippen LogP contribution in [0.5, 0.6) is 0 Å². The Hall–Kier alpha value is -2.61. The predicted octanol–water partition coefficient (Wildman–Crippen LogP) is -0.513. The van der Waals surface area contributed by atoms with Crippen LogP contribution in [0.1, 0.15) is 0 Å². The Morgan fingerprint density at radius 1 is 0.895 bits per heavy atom. The van der Waals surface area contributed by atoms with Gasteiger partial charge in [0.1, 0.15) is 0 Å². The van der Waals surface area contributed by atoms with Crippen molar-refractivity contribution in [3.8, 4) is 0 Å². The van der Waals surface area contributed by atoms with E-state index in [4.69, 9.17) is 15.3 Å². The van der Waals surface area contributed by atoms with Crippen LogP contribution in [0.4, 0.5) is 0 Å². The molecule has 0 rings (SSSR count). The Morgan fingerprint density at radius 2 is 1.32 bits per heavy atom. The summed E-state index contributed by atoms with van der Waals surface area (Å²) in [7, 11) is 0. The van der Waals surface area contributed by atoms with E-state index in [2.05, 4.69) is 0 Å². The molecule has 1 atom stereocenters. The molecule has 0 aliphatic heterocycles. The number of rotatable bonds is 8. The van der Waals surface area contributed by atoms with Gasteiger partial charge >= 0.3 is 17.9 Å². The van der Waals surface area contributed by atoms with Crippen molar-refractivity contribution < 1.29 is 34.8 Å². The molecule has 0 amide bonds. The Labute approximate surface area is 108 Å². The summed E-state index contributed by atoms with van der Waals surface area (Å²) in [5.74, 6) is -3.73. The molecule has 8 nitrogen and oxygen atoms in total. The second kappa shape index (κ2) is 8.48. The molecule has 0 bridgehead atoms. The van der Waals surface area contributed by atoms with Gasteiger partial charge in [0.15, 0.2) is 0 Å². The largest absolute Gasteiger partial charge is 0.478 e. The topological polar surface area (TPSA) is 135 Å². The third kappa shape index (κ3) is 10.3. The van der Waals surface area contributed by atoms with Gasteiger partial charge < -0.3 is 25.3 Å². The molecule has 0 saturated heterocycles. The Bertz CT molecular complexity index is 401. The molecule has 0 fully saturated rings. The molecule has 0 aromatic carbocycles. The monoisotopic (exact) mass is 271 g/mol. The fraction of sp³-hybridized carbons (Fsp3) is 0.182. The Kier molecular flexibility index (Phi) is 7.31. The van der Waals surface area contributed by atoms with Crippen LogP contribution < -0.4 is 0 Å². The van der Waals surface area contributed by atoms with E-state index in [0.717, 1.165) is 41.6 Å². The van der Waals surface area contributed by atoms with Crippen molar-refractivity contribution >= 4 is 17.9 Å². The number of aliphatic hydroxyl groups excluding tert-OH is 1. The molecular weight excluding hydrogens is 258 g/mol. The van der Waals surface area contributed by atoms with Crippen LogP contribution in [0, 0.1) is 0 Å². The predicted molar refractivity (Wildman–Crippen MR) is 63.0 cm³/mol. The zero-order chi connectivity index (χ0) is 14.8. The van der Waals surface area contributed by atoms with Crippen LogP contribution in [0.15, 0.2) is 36.7 Å². The lowest BCUT2D eigenvalue weighted by atomic mass is 10.3. The van der Waals surface area contributed by atoms with Crippen LogP contribution in [0.25, 0.3) is 0 Å². The van der Waals surface area contributed by atoms with Gasteiger partial charge in [-0.2, -0.15) is 0 Å². The van der Waals surface area contributed by atoms with E-state index in [0.29, 0.717) is 0 Å². The smallest absolute Gasteiger partial charge is 0.329 e. The summed E-state index contributed by atoms with van der Waals surface area (Å²) in [5.41, 5.74) is 0. The van der Waals surface area contributed by atoms with Crippen molar-refractivity contribution in [2.75, 3.05) is 6.54 Å². The molecule has 0 aliphatic rings. The van der Waals surface area contributed by atoms with E-state index < -0.39 is 24.0 Å². The summed E-state index contributed by atoms with van der Waals surface area (Å²) < 4.78 is 0. The molecule has 0 spiro atoms. The van der Waals surface area contributed by atoms with Gasteiger partial charge in [0.25, 0.3) is 0 Å². The first-order valence-electron chi connectivity index (χ1n) is 4.98. The maximum atomic E-state index is 10.3. The normalized spacial score (nSPS) is 13.1. The van der Waals surface area contributed by atoms with Crippen LogP contribution in [-0.2, 0) is 14.4 Å². The molecule has 0 aromatic heterocycles. The number of hydrogen-bond donors (Lipinski definition) is 4. The van der Waals surface area contributed by atoms with Crippen LogP contribution in [0.3, 0.4) is 0 Å². The highest BCUT2D eigenvalue weighted by Crippen LogP contribution is 1.98. The fourth-order valence-corrected chi connectivity index (χ4v) is 0.961. The minimum absolute atomic E-state index is 0.197. The summed E-state index contributed by atoms with van der Waals surface area (Å²) in [6.45, 7) is -0.197. The summed E-state index contributed by atoms with van der Waals surface area (Å²) in [5, 5.41) is 34.7. The number of carboxylic acid groups (broad SMARTS) is 3. The lowest BCUT2D eigenvalue weighted by Gasteiger charge is -2.17. The molecule has 104 valence electrons. The van der Waals surface area contributed by atoms with E-state index in [1.807, 2.05) is 0 Å². The van der Waals surface area contributed by atoms with Crippen molar-refractivity contribution in [2.45, 2.75) is 6.10 Å². The quantitative estimate of drug-likeness (QED) is 0.433. The summed E-state index contributed by atoms with van der Waals surface area (Å²) in [6.07, 6.45) is 4.09. The lowest BCUT2D eigenvalue weighted by molar-refractivity contribution is -0.132. The van der Waals surface area contributed by atoms with Crippen molar-refractivity contribution in [3.63, 3.8) is 0 Å². The highest BCUT2D eigenvalue weighted by molar-refractivity contribution is 5.80. The molecule has 0 radical (unpaired) electrons. The van der Waals surface area contributed by atoms with Gasteiger partial charge in [-0.05, 0) is 6.08 Å². The third-order valence-electron chi connectivity index (χ3n) is 1.68. The van der Waals surface area contributed by atoms with Gasteiger partial charge in [-0.3, -0.25) is 0 Å². The molecule has 0 aromatic rings. The van der Waals surface area contributed by atoms with Gasteiger partial charge in [0, 0.05) is 30.6 Å². The molecular formula is C11H13NO7. The molecule has 0 saturated carbocycles. The molecule has 1 unspecified atom stereocenters. The number of carbonyl (C=O) groups is 3. The minimum Gasteiger partial charge on any atom is -0.478 e. The van der Waals surface area contributed by atoms with Gasteiger partial charge in [-0.25, -0.2) is 14.4 Å². The number of hydrogen-bond acceptors (Lipinski definition) is 5. The summed E-state index contributed by atoms with van der Waals surface area (Å²) in [6, 6.07) is 0. The van der Waals surface area contributed by atoms with E-state index in [1.54, 1.807) is 0 Å². The van der Waals surface area contributed by atoms with Crippen molar-refractivity contribution in [1.82, 2.24) is 4.90 Å². The SMILES string of the molecule is O=C(O)C=CC(O)CN(C=CC(=O)O)C=CC(=O)O. The van der Waals surface area contributed by atoms with E-state index in [9.17, 15) is 19.5 Å². The van der Waals surface area contributed by atoms with E-state index in [-0.39, 0.29) is 6.54 Å². The van der Waals surface area contributed by atoms with E-state index >= 15 is 0 Å². The number of nitrogens with zero attached hydrogens (tertiary/aromatic N) is 1. The van der Waals surface area contributed by atoms with Gasteiger partial charge in [-0.1, -0.05) is 0 Å². The number of aliphatic hydroxyl groups is 1. The first-order chi connectivity index (χ1) is 8.81. The molecule has 4 N–H and O–H groups in total. The second-order valence-electron chi connectivity index (χ2n) is 3.27. The van der Waals surface area contributed by atoms with Crippen molar-refractivity contribution in [1.29, 1.82) is 0 Å². The second-order valence-corrected chi connectivity index (χ2v) is 3.27. The van der Waals surface area contributed by atoms with Crippen molar-refractivity contribution in [2.24, 2.45) is 0 Å². The molecule has 0 aliphatic carbocycles. The summed E-state index contributed by atoms with van der Waals surface area (Å²) in [4.78, 5) is 32.0. The first kappa shape index (κ1) is 16.4. The highest BCUT2D eigenvalue weighted by Gasteiger charge is 2.05. The zero-order valence-electron chi connectivity index (χ0n) is 9.71. The maximum absolute atomic E-state index is 10.3. The average molecular weight is 271 g/mol. The molecule has 19 heavy (non-hydrogen) atoms. The third-order valence-corrected chi connectivity index (χ3v) is 1.68.